The molecular weight excluding hydrogens is 402 g/mol. The van der Waals surface area contributed by atoms with Gasteiger partial charge in [0.1, 0.15) is 23.2 Å². The summed E-state index contributed by atoms with van der Waals surface area (Å²) >= 11 is 0. The van der Waals surface area contributed by atoms with Crippen LogP contribution in [0, 0.1) is 17.7 Å². The van der Waals surface area contributed by atoms with Crippen molar-refractivity contribution >= 4 is 22.6 Å². The number of aromatic nitrogens is 1. The van der Waals surface area contributed by atoms with Crippen LogP contribution in [0.1, 0.15) is 22.3 Å². The van der Waals surface area contributed by atoms with Crippen molar-refractivity contribution in [1.29, 1.82) is 10.8 Å². The lowest BCUT2D eigenvalue weighted by Gasteiger charge is -2.14. The van der Waals surface area contributed by atoms with Crippen LogP contribution in [0.2, 0.25) is 0 Å². The summed E-state index contributed by atoms with van der Waals surface area (Å²) in [5, 5.41) is 16.1. The van der Waals surface area contributed by atoms with Crippen LogP contribution >= 0.6 is 0 Å². The van der Waals surface area contributed by atoms with Gasteiger partial charge in [0.25, 0.3) is 5.56 Å². The van der Waals surface area contributed by atoms with Crippen molar-refractivity contribution in [2.75, 3.05) is 0 Å². The van der Waals surface area contributed by atoms with Gasteiger partial charge >= 0.3 is 0 Å². The molecule has 0 radical (unpaired) electrons. The number of nitrogens with zero attached hydrogens (tertiary/aromatic N) is 1. The maximum atomic E-state index is 12.9. The van der Waals surface area contributed by atoms with E-state index >= 15 is 0 Å². The van der Waals surface area contributed by atoms with Gasteiger partial charge in [0.2, 0.25) is 0 Å². The van der Waals surface area contributed by atoms with Gasteiger partial charge in [-0.3, -0.25) is 15.6 Å². The Kier molecular flexibility index (Phi) is 5.47. The zero-order chi connectivity index (χ0) is 22.8. The molecule has 0 atom stereocenters. The highest BCUT2D eigenvalue weighted by Crippen LogP contribution is 2.27. The third kappa shape index (κ3) is 4.22. The largest absolute Gasteiger partial charge is 0.457 e. The molecule has 4 rings (SSSR count). The first-order chi connectivity index (χ1) is 15.3. The standard InChI is InChI=1S/C25H23N5O2/c1-15-11-23(31)30(14-16-5-7-17(8-6-16)24(26)27)22-13-20(9-10-21(15)22)32-19-4-2-3-18(12-19)25(28)29/h2-13H,14H2,1H3,(H3,26,27)(H3,28,29). The van der Waals surface area contributed by atoms with Gasteiger partial charge < -0.3 is 20.8 Å². The first kappa shape index (κ1) is 20.9. The molecule has 0 spiro atoms. The van der Waals surface area contributed by atoms with Crippen molar-refractivity contribution in [2.45, 2.75) is 13.5 Å². The van der Waals surface area contributed by atoms with Crippen LogP contribution in [0.15, 0.2) is 77.6 Å². The molecule has 3 aromatic carbocycles. The van der Waals surface area contributed by atoms with E-state index in [-0.39, 0.29) is 17.2 Å². The fraction of sp³-hybridized carbons (Fsp3) is 0.0800. The van der Waals surface area contributed by atoms with Crippen LogP contribution in [0.5, 0.6) is 11.5 Å². The molecule has 6 N–H and O–H groups in total. The number of hydrogen-bond acceptors (Lipinski definition) is 4. The quantitative estimate of drug-likeness (QED) is 0.277. The summed E-state index contributed by atoms with van der Waals surface area (Å²) in [6, 6.07) is 21.5. The summed E-state index contributed by atoms with van der Waals surface area (Å²) in [5.74, 6) is 1.10. The van der Waals surface area contributed by atoms with E-state index in [1.165, 1.54) is 0 Å². The van der Waals surface area contributed by atoms with Gasteiger partial charge in [-0.25, -0.2) is 0 Å². The van der Waals surface area contributed by atoms with E-state index in [1.54, 1.807) is 47.0 Å². The molecule has 0 aliphatic rings. The predicted molar refractivity (Wildman–Crippen MR) is 127 cm³/mol. The zero-order valence-electron chi connectivity index (χ0n) is 17.6. The monoisotopic (exact) mass is 425 g/mol. The molecule has 0 unspecified atom stereocenters. The SMILES string of the molecule is Cc1cc(=O)n(Cc2ccc(C(=N)N)cc2)c2cc(Oc3cccc(C(=N)N)c3)ccc12. The minimum Gasteiger partial charge on any atom is -0.457 e. The summed E-state index contributed by atoms with van der Waals surface area (Å²) in [5.41, 5.74) is 14.8. The third-order valence-electron chi connectivity index (χ3n) is 5.28. The molecule has 0 fully saturated rings. The molecule has 4 aromatic rings. The maximum absolute atomic E-state index is 12.9. The Hall–Kier alpha value is -4.39. The Morgan fingerprint density at radius 1 is 0.875 bits per heavy atom. The predicted octanol–water partition coefficient (Wildman–Crippen LogP) is 3.72. The second-order valence-electron chi connectivity index (χ2n) is 7.58. The fourth-order valence-electron chi connectivity index (χ4n) is 3.59. The van der Waals surface area contributed by atoms with E-state index in [4.69, 9.17) is 27.0 Å². The summed E-state index contributed by atoms with van der Waals surface area (Å²) in [6.45, 7) is 2.28. The van der Waals surface area contributed by atoms with Crippen LogP contribution in [0.25, 0.3) is 10.9 Å². The highest BCUT2D eigenvalue weighted by molar-refractivity contribution is 5.95. The molecule has 160 valence electrons. The zero-order valence-corrected chi connectivity index (χ0v) is 17.6. The number of nitrogen functional groups attached to an aromatic ring is 2. The number of rotatable bonds is 6. The summed E-state index contributed by atoms with van der Waals surface area (Å²) in [7, 11) is 0. The van der Waals surface area contributed by atoms with Crippen LogP contribution < -0.4 is 21.8 Å². The van der Waals surface area contributed by atoms with E-state index in [0.29, 0.717) is 29.2 Å². The van der Waals surface area contributed by atoms with Gasteiger partial charge in [-0.1, -0.05) is 36.4 Å². The van der Waals surface area contributed by atoms with Crippen LogP contribution in [0.4, 0.5) is 0 Å². The maximum Gasteiger partial charge on any atom is 0.251 e. The van der Waals surface area contributed by atoms with E-state index < -0.39 is 0 Å². The number of ether oxygens (including phenoxy) is 1. The molecule has 7 nitrogen and oxygen atoms in total. The van der Waals surface area contributed by atoms with Crippen LogP contribution in [0.3, 0.4) is 0 Å². The van der Waals surface area contributed by atoms with Crippen molar-refractivity contribution in [3.63, 3.8) is 0 Å². The Morgan fingerprint density at radius 2 is 1.56 bits per heavy atom. The van der Waals surface area contributed by atoms with Gasteiger partial charge in [0, 0.05) is 28.6 Å². The topological polar surface area (TPSA) is 131 Å². The summed E-state index contributed by atoms with van der Waals surface area (Å²) in [4.78, 5) is 12.9. The number of fused-ring (bicyclic) bond motifs is 1. The average Bonchev–Trinajstić information content (AvgIpc) is 2.77. The van der Waals surface area contributed by atoms with Crippen molar-refractivity contribution in [3.05, 3.63) is 105 Å². The number of pyridine rings is 1. The summed E-state index contributed by atoms with van der Waals surface area (Å²) < 4.78 is 7.70. The molecule has 1 heterocycles. The van der Waals surface area contributed by atoms with Crippen LogP contribution in [-0.2, 0) is 6.54 Å². The number of hydrogen-bond donors (Lipinski definition) is 4. The second-order valence-corrected chi connectivity index (χ2v) is 7.58. The molecule has 0 aliphatic carbocycles. The Morgan fingerprint density at radius 3 is 2.25 bits per heavy atom. The Bertz CT molecular complexity index is 1400. The minimum atomic E-state index is -0.110. The highest BCUT2D eigenvalue weighted by atomic mass is 16.5. The smallest absolute Gasteiger partial charge is 0.251 e. The average molecular weight is 425 g/mol. The van der Waals surface area contributed by atoms with Gasteiger partial charge in [0.15, 0.2) is 0 Å². The van der Waals surface area contributed by atoms with Crippen molar-refractivity contribution < 1.29 is 4.74 Å². The van der Waals surface area contributed by atoms with Gasteiger partial charge in [-0.05, 0) is 42.3 Å². The van der Waals surface area contributed by atoms with Gasteiger partial charge in [0.05, 0.1) is 12.1 Å². The van der Waals surface area contributed by atoms with Crippen LogP contribution in [-0.4, -0.2) is 16.2 Å². The normalized spacial score (nSPS) is 10.8. The number of benzene rings is 3. The van der Waals surface area contributed by atoms with Crippen molar-refractivity contribution in [2.24, 2.45) is 11.5 Å². The first-order valence-corrected chi connectivity index (χ1v) is 10.0. The van der Waals surface area contributed by atoms with Gasteiger partial charge in [-0.15, -0.1) is 0 Å². The van der Waals surface area contributed by atoms with E-state index in [0.717, 1.165) is 22.0 Å². The van der Waals surface area contributed by atoms with Gasteiger partial charge in [-0.2, -0.15) is 0 Å². The lowest BCUT2D eigenvalue weighted by atomic mass is 10.1. The molecule has 0 aliphatic heterocycles. The second kappa shape index (κ2) is 8.39. The molecule has 0 amide bonds. The lowest BCUT2D eigenvalue weighted by Crippen LogP contribution is -2.21. The lowest BCUT2D eigenvalue weighted by molar-refractivity contribution is 0.483. The molecule has 0 saturated carbocycles. The van der Waals surface area contributed by atoms with Crippen molar-refractivity contribution in [3.8, 4) is 11.5 Å². The molecule has 32 heavy (non-hydrogen) atoms. The highest BCUT2D eigenvalue weighted by Gasteiger charge is 2.10. The third-order valence-corrected chi connectivity index (χ3v) is 5.28. The minimum absolute atomic E-state index is 0.00476. The Labute approximate surface area is 184 Å². The summed E-state index contributed by atoms with van der Waals surface area (Å²) in [6.07, 6.45) is 0. The van der Waals surface area contributed by atoms with Crippen molar-refractivity contribution in [1.82, 2.24) is 4.57 Å². The molecular formula is C25H23N5O2. The molecule has 7 heteroatoms. The van der Waals surface area contributed by atoms with E-state index in [1.807, 2.05) is 37.3 Å². The van der Waals surface area contributed by atoms with E-state index in [9.17, 15) is 4.79 Å². The number of amidine groups is 2. The number of aryl methyl sites for hydroxylation is 1. The number of nitrogens with two attached hydrogens (primary N) is 2. The first-order valence-electron chi connectivity index (χ1n) is 10.0. The fourth-order valence-corrected chi connectivity index (χ4v) is 3.59. The molecule has 0 saturated heterocycles. The molecule has 1 aromatic heterocycles. The molecule has 0 bridgehead atoms. The van der Waals surface area contributed by atoms with E-state index in [2.05, 4.69) is 0 Å². The Balaban J connectivity index is 1.74. The number of nitrogens with one attached hydrogen (secondary N) is 2.